The third-order valence-corrected chi connectivity index (χ3v) is 14.9. The number of unbranched alkanes of at least 4 members (excludes halogenated alkanes) is 48. The van der Waals surface area contributed by atoms with Crippen LogP contribution in [-0.2, 0) is 63.5 Å². The van der Waals surface area contributed by atoms with Crippen LogP contribution in [0.2, 0.25) is 0 Å². The molecule has 0 unspecified atom stereocenters. The van der Waals surface area contributed by atoms with Gasteiger partial charge in [0, 0.05) is 35.8 Å². The first-order valence-corrected chi connectivity index (χ1v) is 35.8. The van der Waals surface area contributed by atoms with Gasteiger partial charge in [0.1, 0.15) is 0 Å². The third-order valence-electron chi connectivity index (χ3n) is 14.9. The Balaban J connectivity index is -0.000000141. The molecule has 0 heterocycles. The average molecular weight is 1300 g/mol. The molecule has 14 heteroatoms. The summed E-state index contributed by atoms with van der Waals surface area (Å²) in [4.78, 5) is 60.6. The van der Waals surface area contributed by atoms with Crippen molar-refractivity contribution in [2.75, 3.05) is 0 Å². The second kappa shape index (κ2) is 96.5. The second-order valence-electron chi connectivity index (χ2n) is 23.7. The fraction of sp³-hybridized carbons (Fsp3) is 0.917. The van der Waals surface area contributed by atoms with E-state index in [1.165, 1.54) is 270 Å². The minimum absolute atomic E-state index is 0. The molecule has 0 aliphatic rings. The monoisotopic (exact) mass is 1300 g/mol. The van der Waals surface area contributed by atoms with E-state index in [2.05, 4.69) is 41.5 Å². The number of carbonyl (C=O) groups excluding carboxylic acids is 6. The summed E-state index contributed by atoms with van der Waals surface area (Å²) in [6.07, 6.45) is 67.0. The first-order chi connectivity index (χ1) is 40.6. The van der Waals surface area contributed by atoms with E-state index in [9.17, 15) is 59.4 Å². The van der Waals surface area contributed by atoms with Crippen molar-refractivity contribution in [2.24, 2.45) is 0 Å². The molecular weight excluding hydrogens is 1160 g/mol. The van der Waals surface area contributed by atoms with E-state index in [-0.39, 0.29) is 73.2 Å². The summed E-state index contributed by atoms with van der Waals surface area (Å²) in [5, 5.41) is 60.6. The molecule has 0 fully saturated rings. The standard InChI is InChI=1S/6C12H24O2.2Cr/c6*1-2-3-4-5-6-7-8-9-10-11-12(13)14;;/h6*2-11H2,1H3,(H,13,14);;/q;;;;;;2*+3/p-6. The van der Waals surface area contributed by atoms with E-state index in [4.69, 9.17) is 0 Å². The molecule has 2 radical (unpaired) electrons. The smallest absolute Gasteiger partial charge is 0.550 e. The molecule has 0 rings (SSSR count). The van der Waals surface area contributed by atoms with Gasteiger partial charge in [-0.15, -0.1) is 0 Å². The summed E-state index contributed by atoms with van der Waals surface area (Å²) in [6.45, 7) is 13.3. The van der Waals surface area contributed by atoms with Crippen LogP contribution in [0.25, 0.3) is 0 Å². The summed E-state index contributed by atoms with van der Waals surface area (Å²) >= 11 is 0. The number of carboxylic acid groups (broad SMARTS) is 6. The van der Waals surface area contributed by atoms with Crippen molar-refractivity contribution in [3.8, 4) is 0 Å². The van der Waals surface area contributed by atoms with Gasteiger partial charge in [-0.1, -0.05) is 350 Å². The van der Waals surface area contributed by atoms with Crippen LogP contribution < -0.4 is 30.6 Å². The maximum atomic E-state index is 10.1. The van der Waals surface area contributed by atoms with Crippen LogP contribution in [0.3, 0.4) is 0 Å². The molecule has 0 saturated heterocycles. The van der Waals surface area contributed by atoms with Gasteiger partial charge in [-0.25, -0.2) is 0 Å². The van der Waals surface area contributed by atoms with Crippen molar-refractivity contribution in [2.45, 2.75) is 427 Å². The maximum absolute atomic E-state index is 10.1. The van der Waals surface area contributed by atoms with Gasteiger partial charge in [0.05, 0.1) is 0 Å². The summed E-state index contributed by atoms with van der Waals surface area (Å²) in [6, 6.07) is 0. The van der Waals surface area contributed by atoms with E-state index < -0.39 is 35.8 Å². The number of hydrogen-bond donors (Lipinski definition) is 0. The zero-order valence-electron chi connectivity index (χ0n) is 57.1. The predicted octanol–water partition coefficient (Wildman–Crippen LogP) is 15.9. The van der Waals surface area contributed by atoms with Gasteiger partial charge in [-0.05, 0) is 77.0 Å². The van der Waals surface area contributed by atoms with Gasteiger partial charge in [0.15, 0.2) is 0 Å². The van der Waals surface area contributed by atoms with E-state index >= 15 is 0 Å². The van der Waals surface area contributed by atoms with Crippen molar-refractivity contribution in [1.82, 2.24) is 0 Å². The largest absolute Gasteiger partial charge is 3.00 e. The van der Waals surface area contributed by atoms with Gasteiger partial charge in [-0.3, -0.25) is 0 Å². The van der Waals surface area contributed by atoms with Crippen LogP contribution in [0.4, 0.5) is 0 Å². The SMILES string of the molecule is CCCCCCCCCCCC(=O)[O-].CCCCCCCCCCCC(=O)[O-].CCCCCCCCCCCC(=O)[O-].CCCCCCCCCCCC(=O)[O-].CCCCCCCCCCCC(=O)[O-].CCCCCCCCCCCC(=O)[O-].[Cr+3].[Cr+3]. The molecular formula is C72H138Cr2O12. The van der Waals surface area contributed by atoms with Gasteiger partial charge in [-0.2, -0.15) is 0 Å². The Kier molecular flexibility index (Phi) is 112. The predicted molar refractivity (Wildman–Crippen MR) is 341 cm³/mol. The first kappa shape index (κ1) is 100. The number of carbonyl (C=O) groups is 6. The zero-order chi connectivity index (χ0) is 63.9. The van der Waals surface area contributed by atoms with Crippen molar-refractivity contribution in [1.29, 1.82) is 0 Å². The fourth-order valence-corrected chi connectivity index (χ4v) is 9.48. The quantitative estimate of drug-likeness (QED) is 0.0517. The van der Waals surface area contributed by atoms with E-state index in [0.29, 0.717) is 0 Å². The number of rotatable bonds is 60. The van der Waals surface area contributed by atoms with Gasteiger partial charge in [0.2, 0.25) is 0 Å². The van der Waals surface area contributed by atoms with E-state index in [0.717, 1.165) is 77.0 Å². The molecule has 510 valence electrons. The van der Waals surface area contributed by atoms with Crippen LogP contribution in [0.5, 0.6) is 0 Å². The van der Waals surface area contributed by atoms with Gasteiger partial charge in [0.25, 0.3) is 0 Å². The van der Waals surface area contributed by atoms with Crippen LogP contribution >= 0.6 is 0 Å². The molecule has 0 aliphatic carbocycles. The minimum atomic E-state index is -0.909. The summed E-state index contributed by atoms with van der Waals surface area (Å²) in [7, 11) is 0. The van der Waals surface area contributed by atoms with Crippen LogP contribution in [0.1, 0.15) is 427 Å². The Hall–Kier alpha value is -2.12. The topological polar surface area (TPSA) is 241 Å². The molecule has 0 bridgehead atoms. The zero-order valence-corrected chi connectivity index (χ0v) is 59.7. The Labute approximate surface area is 553 Å². The molecule has 0 atom stereocenters. The summed E-state index contributed by atoms with van der Waals surface area (Å²) < 4.78 is 0. The normalized spacial score (nSPS) is 10.1. The first-order valence-electron chi connectivity index (χ1n) is 35.8. The molecule has 0 spiro atoms. The Bertz CT molecular complexity index is 1060. The average Bonchev–Trinajstić information content (AvgIpc) is 3.45. The van der Waals surface area contributed by atoms with E-state index in [1.807, 2.05) is 0 Å². The van der Waals surface area contributed by atoms with Crippen molar-refractivity contribution >= 4 is 35.8 Å². The Morgan fingerprint density at radius 2 is 0.221 bits per heavy atom. The molecule has 0 aromatic heterocycles. The number of aliphatic carboxylic acids is 6. The van der Waals surface area contributed by atoms with Crippen molar-refractivity contribution < 1.29 is 94.1 Å². The van der Waals surface area contributed by atoms with Gasteiger partial charge < -0.3 is 59.4 Å². The minimum Gasteiger partial charge on any atom is -0.550 e. The van der Waals surface area contributed by atoms with Crippen LogP contribution in [-0.4, -0.2) is 35.8 Å². The van der Waals surface area contributed by atoms with Crippen LogP contribution in [0.15, 0.2) is 0 Å². The second-order valence-corrected chi connectivity index (χ2v) is 23.7. The number of hydrogen-bond acceptors (Lipinski definition) is 12. The molecule has 12 nitrogen and oxygen atoms in total. The molecule has 0 aromatic carbocycles. The van der Waals surface area contributed by atoms with Gasteiger partial charge >= 0.3 is 34.7 Å². The van der Waals surface area contributed by atoms with Crippen molar-refractivity contribution in [3.05, 3.63) is 0 Å². The molecule has 0 aliphatic heterocycles. The molecule has 0 amide bonds. The van der Waals surface area contributed by atoms with Crippen LogP contribution in [0, 0.1) is 0 Å². The summed E-state index contributed by atoms with van der Waals surface area (Å²) in [5.41, 5.74) is 0. The van der Waals surface area contributed by atoms with E-state index in [1.54, 1.807) is 0 Å². The molecule has 0 aromatic rings. The molecule has 86 heavy (non-hydrogen) atoms. The van der Waals surface area contributed by atoms with Crippen molar-refractivity contribution in [3.63, 3.8) is 0 Å². The Morgan fingerprint density at radius 3 is 0.291 bits per heavy atom. The molecule has 0 N–H and O–H groups in total. The fourth-order valence-electron chi connectivity index (χ4n) is 9.48. The molecule has 0 saturated carbocycles. The summed E-state index contributed by atoms with van der Waals surface area (Å²) in [5.74, 6) is -5.46. The Morgan fingerprint density at radius 1 is 0.151 bits per heavy atom. The number of carboxylic acids is 6. The third kappa shape index (κ3) is 131. The maximum Gasteiger partial charge on any atom is 3.00 e.